The van der Waals surface area contributed by atoms with E-state index in [1.54, 1.807) is 0 Å². The van der Waals surface area contributed by atoms with E-state index in [1.807, 2.05) is 24.7 Å². The van der Waals surface area contributed by atoms with Gasteiger partial charge >= 0.3 is 0 Å². The maximum atomic E-state index is 4.62. The van der Waals surface area contributed by atoms with Crippen molar-refractivity contribution in [3.63, 3.8) is 0 Å². The van der Waals surface area contributed by atoms with Crippen molar-refractivity contribution in [2.24, 2.45) is 0 Å². The van der Waals surface area contributed by atoms with Crippen LogP contribution in [0.25, 0.3) is 0 Å². The Morgan fingerprint density at radius 1 is 1.15 bits per heavy atom. The third-order valence-electron chi connectivity index (χ3n) is 4.10. The zero-order valence-corrected chi connectivity index (χ0v) is 12.2. The molecule has 104 valence electrons. The fourth-order valence-electron chi connectivity index (χ4n) is 2.98. The van der Waals surface area contributed by atoms with Gasteiger partial charge < -0.3 is 4.90 Å². The second-order valence-electron chi connectivity index (χ2n) is 5.78. The quantitative estimate of drug-likeness (QED) is 0.851. The number of nitrogens with zero attached hydrogens (tertiary/aromatic N) is 3. The lowest BCUT2D eigenvalue weighted by molar-refractivity contribution is 0.769. The second-order valence-corrected chi connectivity index (χ2v) is 5.78. The predicted molar refractivity (Wildman–Crippen MR) is 82.1 cm³/mol. The van der Waals surface area contributed by atoms with Gasteiger partial charge in [-0.15, -0.1) is 0 Å². The van der Waals surface area contributed by atoms with Crippen LogP contribution in [0.2, 0.25) is 0 Å². The molecule has 2 aromatic heterocycles. The first-order chi connectivity index (χ1) is 9.75. The minimum atomic E-state index is 0.513. The fourth-order valence-corrected chi connectivity index (χ4v) is 2.98. The Kier molecular flexibility index (Phi) is 3.68. The molecule has 2 aromatic rings. The van der Waals surface area contributed by atoms with Crippen molar-refractivity contribution in [2.45, 2.75) is 32.1 Å². The average molecular weight is 267 g/mol. The van der Waals surface area contributed by atoms with Crippen LogP contribution >= 0.6 is 0 Å². The van der Waals surface area contributed by atoms with Crippen molar-refractivity contribution < 1.29 is 0 Å². The van der Waals surface area contributed by atoms with E-state index >= 15 is 0 Å². The number of anilines is 1. The Hall–Kier alpha value is -1.90. The van der Waals surface area contributed by atoms with Gasteiger partial charge in [0, 0.05) is 37.6 Å². The lowest BCUT2D eigenvalue weighted by Crippen LogP contribution is -2.22. The van der Waals surface area contributed by atoms with Crippen LogP contribution in [-0.4, -0.2) is 23.1 Å². The molecule has 1 atom stereocenters. The Morgan fingerprint density at radius 2 is 1.95 bits per heavy atom. The molecule has 0 aromatic carbocycles. The molecule has 3 heterocycles. The molecule has 0 aliphatic carbocycles. The lowest BCUT2D eigenvalue weighted by atomic mass is 10.00. The van der Waals surface area contributed by atoms with Crippen molar-refractivity contribution in [1.29, 1.82) is 0 Å². The summed E-state index contributed by atoms with van der Waals surface area (Å²) in [6.07, 6.45) is 6.87. The summed E-state index contributed by atoms with van der Waals surface area (Å²) >= 11 is 0. The van der Waals surface area contributed by atoms with Gasteiger partial charge in [0.05, 0.1) is 0 Å². The topological polar surface area (TPSA) is 29.0 Å². The minimum Gasteiger partial charge on any atom is -0.356 e. The fraction of sp³-hybridized carbons (Fsp3) is 0.412. The maximum Gasteiger partial charge on any atom is 0.131 e. The summed E-state index contributed by atoms with van der Waals surface area (Å²) in [4.78, 5) is 11.2. The number of hydrogen-bond donors (Lipinski definition) is 0. The van der Waals surface area contributed by atoms with E-state index in [4.69, 9.17) is 0 Å². The molecule has 0 spiro atoms. The lowest BCUT2D eigenvalue weighted by Gasteiger charge is -2.22. The van der Waals surface area contributed by atoms with Crippen LogP contribution in [0.15, 0.2) is 42.9 Å². The summed E-state index contributed by atoms with van der Waals surface area (Å²) in [5, 5.41) is 0. The molecule has 0 amide bonds. The molecule has 0 radical (unpaired) electrons. The van der Waals surface area contributed by atoms with E-state index in [1.165, 1.54) is 23.4 Å². The first kappa shape index (κ1) is 13.1. The molecule has 3 nitrogen and oxygen atoms in total. The van der Waals surface area contributed by atoms with Gasteiger partial charge in [0.2, 0.25) is 0 Å². The van der Waals surface area contributed by atoms with Crippen LogP contribution in [0.5, 0.6) is 0 Å². The molecular formula is C17H21N3. The summed E-state index contributed by atoms with van der Waals surface area (Å²) in [5.74, 6) is 2.28. The first-order valence-electron chi connectivity index (χ1n) is 7.35. The molecule has 20 heavy (non-hydrogen) atoms. The number of rotatable bonds is 3. The number of aromatic nitrogens is 2. The van der Waals surface area contributed by atoms with Crippen molar-refractivity contribution >= 4 is 5.82 Å². The van der Waals surface area contributed by atoms with Crippen LogP contribution in [0.3, 0.4) is 0 Å². The van der Waals surface area contributed by atoms with Gasteiger partial charge in [-0.2, -0.15) is 0 Å². The van der Waals surface area contributed by atoms with E-state index in [0.29, 0.717) is 11.8 Å². The molecule has 1 saturated heterocycles. The maximum absolute atomic E-state index is 4.62. The Labute approximate surface area is 120 Å². The van der Waals surface area contributed by atoms with Gasteiger partial charge in [-0.3, -0.25) is 4.98 Å². The van der Waals surface area contributed by atoms with Crippen LogP contribution in [0.4, 0.5) is 5.82 Å². The third kappa shape index (κ3) is 2.53. The Morgan fingerprint density at radius 3 is 2.70 bits per heavy atom. The minimum absolute atomic E-state index is 0.513. The summed E-state index contributed by atoms with van der Waals surface area (Å²) in [7, 11) is 0. The highest BCUT2D eigenvalue weighted by molar-refractivity contribution is 5.50. The largest absolute Gasteiger partial charge is 0.356 e. The van der Waals surface area contributed by atoms with Crippen LogP contribution in [-0.2, 0) is 0 Å². The molecule has 1 fully saturated rings. The van der Waals surface area contributed by atoms with E-state index < -0.39 is 0 Å². The third-order valence-corrected chi connectivity index (χ3v) is 4.10. The van der Waals surface area contributed by atoms with Crippen molar-refractivity contribution in [3.05, 3.63) is 54.0 Å². The first-order valence-corrected chi connectivity index (χ1v) is 7.35. The summed E-state index contributed by atoms with van der Waals surface area (Å²) in [6.45, 7) is 6.61. The van der Waals surface area contributed by atoms with Gasteiger partial charge in [-0.05, 0) is 41.7 Å². The van der Waals surface area contributed by atoms with Crippen LogP contribution in [0, 0.1) is 0 Å². The van der Waals surface area contributed by atoms with Gasteiger partial charge in [-0.1, -0.05) is 19.9 Å². The molecule has 0 saturated carbocycles. The van der Waals surface area contributed by atoms with Crippen LogP contribution < -0.4 is 4.90 Å². The molecule has 3 rings (SSSR count). The van der Waals surface area contributed by atoms with Gasteiger partial charge in [0.15, 0.2) is 0 Å². The van der Waals surface area contributed by atoms with Gasteiger partial charge in [0.1, 0.15) is 5.82 Å². The zero-order valence-electron chi connectivity index (χ0n) is 12.2. The van der Waals surface area contributed by atoms with E-state index in [9.17, 15) is 0 Å². The molecule has 1 aliphatic heterocycles. The van der Waals surface area contributed by atoms with Crippen molar-refractivity contribution in [3.8, 4) is 0 Å². The van der Waals surface area contributed by atoms with Crippen molar-refractivity contribution in [2.75, 3.05) is 18.0 Å². The van der Waals surface area contributed by atoms with E-state index in [-0.39, 0.29) is 0 Å². The standard InChI is InChI=1S/C17H21N3/c1-13(2)16-4-3-8-19-17(16)20-11-7-15(12-20)14-5-9-18-10-6-14/h3-6,8-10,13,15H,7,11-12H2,1-2H3. The molecule has 0 bridgehead atoms. The Bertz CT molecular complexity index is 565. The van der Waals surface area contributed by atoms with E-state index in [0.717, 1.165) is 13.1 Å². The summed E-state index contributed by atoms with van der Waals surface area (Å²) in [6, 6.07) is 8.51. The monoisotopic (exact) mass is 267 g/mol. The predicted octanol–water partition coefficient (Wildman–Crippen LogP) is 3.59. The number of hydrogen-bond acceptors (Lipinski definition) is 3. The highest BCUT2D eigenvalue weighted by atomic mass is 15.2. The summed E-state index contributed by atoms with van der Waals surface area (Å²) in [5.41, 5.74) is 2.74. The normalized spacial score (nSPS) is 18.8. The van der Waals surface area contributed by atoms with Gasteiger partial charge in [0.25, 0.3) is 0 Å². The zero-order chi connectivity index (χ0) is 13.9. The average Bonchev–Trinajstić information content (AvgIpc) is 2.98. The Balaban J connectivity index is 1.81. The molecule has 3 heteroatoms. The molecular weight excluding hydrogens is 246 g/mol. The van der Waals surface area contributed by atoms with Gasteiger partial charge in [-0.25, -0.2) is 4.98 Å². The SMILES string of the molecule is CC(C)c1cccnc1N1CCC(c2ccncc2)C1. The molecule has 1 unspecified atom stereocenters. The van der Waals surface area contributed by atoms with Crippen molar-refractivity contribution in [1.82, 2.24) is 9.97 Å². The highest BCUT2D eigenvalue weighted by Crippen LogP contribution is 2.33. The summed E-state index contributed by atoms with van der Waals surface area (Å²) < 4.78 is 0. The van der Waals surface area contributed by atoms with Crippen LogP contribution in [0.1, 0.15) is 43.2 Å². The molecule has 1 aliphatic rings. The molecule has 0 N–H and O–H groups in total. The number of pyridine rings is 2. The second kappa shape index (κ2) is 5.61. The smallest absolute Gasteiger partial charge is 0.131 e. The highest BCUT2D eigenvalue weighted by Gasteiger charge is 2.26. The van der Waals surface area contributed by atoms with E-state index in [2.05, 4.69) is 46.9 Å².